The summed E-state index contributed by atoms with van der Waals surface area (Å²) in [5, 5.41) is 14.9. The number of benzene rings is 2. The van der Waals surface area contributed by atoms with Gasteiger partial charge in [0.1, 0.15) is 29.5 Å². The number of ether oxygens (including phenoxy) is 3. The van der Waals surface area contributed by atoms with Crippen molar-refractivity contribution >= 4 is 35.3 Å². The first kappa shape index (κ1) is 29.7. The standard InChI is InChI=1S/C30H32N6O6/c1-3-24(37)36-16-8-9-21(17-36)34-28-26(29(33-18-32-28)35-30(39)41-19-40-25(38)4-2)27(31)20-12-14-23(15-13-20)42-22-10-6-5-7-11-22/h3,5-7,10-15,18,21,31H,1,4,8-9,16-17,19H2,2H3,(H2,32,33,34,35,39). The third-order valence-corrected chi connectivity index (χ3v) is 6.39. The molecule has 12 nitrogen and oxygen atoms in total. The molecule has 1 unspecified atom stereocenters. The van der Waals surface area contributed by atoms with Gasteiger partial charge >= 0.3 is 12.1 Å². The Morgan fingerprint density at radius 2 is 1.76 bits per heavy atom. The monoisotopic (exact) mass is 572 g/mol. The largest absolute Gasteiger partial charge is 0.457 e. The van der Waals surface area contributed by atoms with Crippen molar-refractivity contribution in [1.29, 1.82) is 5.41 Å². The first-order valence-electron chi connectivity index (χ1n) is 13.4. The summed E-state index contributed by atoms with van der Waals surface area (Å²) in [6, 6.07) is 16.0. The number of esters is 1. The molecule has 218 valence electrons. The zero-order valence-corrected chi connectivity index (χ0v) is 23.2. The Balaban J connectivity index is 1.58. The molecule has 1 saturated heterocycles. The van der Waals surface area contributed by atoms with E-state index in [1.54, 1.807) is 36.1 Å². The summed E-state index contributed by atoms with van der Waals surface area (Å²) < 4.78 is 15.6. The number of nitrogens with one attached hydrogen (secondary N) is 3. The Hall–Kier alpha value is -5.26. The molecule has 1 aliphatic heterocycles. The van der Waals surface area contributed by atoms with Crippen LogP contribution in [-0.2, 0) is 19.1 Å². The molecule has 0 bridgehead atoms. The summed E-state index contributed by atoms with van der Waals surface area (Å²) in [5.41, 5.74) is 0.740. The molecule has 1 fully saturated rings. The zero-order valence-electron chi connectivity index (χ0n) is 23.2. The number of anilines is 2. The van der Waals surface area contributed by atoms with E-state index in [1.165, 1.54) is 12.4 Å². The summed E-state index contributed by atoms with van der Waals surface area (Å²) >= 11 is 0. The third kappa shape index (κ3) is 7.90. The smallest absolute Gasteiger partial charge is 0.415 e. The minimum absolute atomic E-state index is 0.0174. The van der Waals surface area contributed by atoms with Crippen molar-refractivity contribution in [2.75, 3.05) is 30.5 Å². The Labute approximate surface area is 243 Å². The molecule has 0 radical (unpaired) electrons. The van der Waals surface area contributed by atoms with Crippen LogP contribution in [-0.4, -0.2) is 64.5 Å². The molecule has 1 atom stereocenters. The highest BCUT2D eigenvalue weighted by Crippen LogP contribution is 2.28. The van der Waals surface area contributed by atoms with E-state index in [0.717, 1.165) is 12.8 Å². The summed E-state index contributed by atoms with van der Waals surface area (Å²) in [4.78, 5) is 46.4. The molecule has 2 heterocycles. The van der Waals surface area contributed by atoms with Crippen LogP contribution in [0.1, 0.15) is 37.3 Å². The second-order valence-corrected chi connectivity index (χ2v) is 9.28. The van der Waals surface area contributed by atoms with E-state index in [9.17, 15) is 14.4 Å². The number of amides is 2. The number of piperidine rings is 1. The zero-order chi connectivity index (χ0) is 29.9. The first-order chi connectivity index (χ1) is 20.4. The van der Waals surface area contributed by atoms with Gasteiger partial charge in [-0.15, -0.1) is 0 Å². The molecule has 0 spiro atoms. The minimum atomic E-state index is -0.926. The lowest BCUT2D eigenvalue weighted by atomic mass is 10.0. The van der Waals surface area contributed by atoms with Crippen LogP contribution in [0.2, 0.25) is 0 Å². The molecule has 0 saturated carbocycles. The lowest BCUT2D eigenvalue weighted by Crippen LogP contribution is -2.44. The highest BCUT2D eigenvalue weighted by atomic mass is 16.7. The van der Waals surface area contributed by atoms with E-state index in [-0.39, 0.29) is 35.5 Å². The number of rotatable bonds is 11. The lowest BCUT2D eigenvalue weighted by molar-refractivity contribution is -0.151. The maximum absolute atomic E-state index is 12.5. The van der Waals surface area contributed by atoms with Gasteiger partial charge in [0, 0.05) is 31.1 Å². The van der Waals surface area contributed by atoms with Gasteiger partial charge in [-0.1, -0.05) is 31.7 Å². The summed E-state index contributed by atoms with van der Waals surface area (Å²) in [6.45, 7) is 5.66. The van der Waals surface area contributed by atoms with Crippen molar-refractivity contribution in [3.63, 3.8) is 0 Å². The Kier molecular flexibility index (Phi) is 10.2. The van der Waals surface area contributed by atoms with E-state index in [0.29, 0.717) is 36.0 Å². The third-order valence-electron chi connectivity index (χ3n) is 6.39. The van der Waals surface area contributed by atoms with Gasteiger partial charge in [0.05, 0.1) is 11.3 Å². The molecular weight excluding hydrogens is 540 g/mol. The Bertz CT molecular complexity index is 1430. The molecule has 1 aliphatic rings. The van der Waals surface area contributed by atoms with Crippen LogP contribution in [0.5, 0.6) is 11.5 Å². The predicted molar refractivity (Wildman–Crippen MR) is 156 cm³/mol. The van der Waals surface area contributed by atoms with Crippen molar-refractivity contribution in [3.8, 4) is 11.5 Å². The topological polar surface area (TPSA) is 156 Å². The van der Waals surface area contributed by atoms with Crippen molar-refractivity contribution < 1.29 is 28.6 Å². The molecule has 2 amide bonds. The average Bonchev–Trinajstić information content (AvgIpc) is 3.01. The summed E-state index contributed by atoms with van der Waals surface area (Å²) in [6.07, 6.45) is 3.27. The second kappa shape index (κ2) is 14.4. The number of hydrogen-bond donors (Lipinski definition) is 3. The first-order valence-corrected chi connectivity index (χ1v) is 13.4. The lowest BCUT2D eigenvalue weighted by Gasteiger charge is -2.33. The van der Waals surface area contributed by atoms with Crippen molar-refractivity contribution in [3.05, 3.63) is 84.7 Å². The van der Waals surface area contributed by atoms with E-state index >= 15 is 0 Å². The van der Waals surface area contributed by atoms with Crippen LogP contribution >= 0.6 is 0 Å². The molecular formula is C30H32N6O6. The fourth-order valence-corrected chi connectivity index (χ4v) is 4.29. The SMILES string of the molecule is C=CC(=O)N1CCCC(Nc2ncnc(NC(=O)OCOC(=O)CC)c2C(=N)c2ccc(Oc3ccccc3)cc2)C1. The quantitative estimate of drug-likeness (QED) is 0.128. The van der Waals surface area contributed by atoms with Crippen LogP contribution in [0, 0.1) is 5.41 Å². The number of aromatic nitrogens is 2. The molecule has 3 N–H and O–H groups in total. The molecule has 3 aromatic rings. The van der Waals surface area contributed by atoms with Gasteiger partial charge in [-0.25, -0.2) is 14.8 Å². The van der Waals surface area contributed by atoms with E-state index in [2.05, 4.69) is 27.2 Å². The van der Waals surface area contributed by atoms with Gasteiger partial charge in [-0.05, 0) is 55.3 Å². The Morgan fingerprint density at radius 1 is 1.05 bits per heavy atom. The minimum Gasteiger partial charge on any atom is -0.457 e. The highest BCUT2D eigenvalue weighted by molar-refractivity contribution is 6.17. The van der Waals surface area contributed by atoms with Gasteiger partial charge in [0.2, 0.25) is 12.7 Å². The van der Waals surface area contributed by atoms with E-state index < -0.39 is 18.9 Å². The summed E-state index contributed by atoms with van der Waals surface area (Å²) in [5.74, 6) is 0.889. The number of carbonyl (C=O) groups is 3. The molecule has 12 heteroatoms. The van der Waals surface area contributed by atoms with Crippen molar-refractivity contribution in [1.82, 2.24) is 14.9 Å². The van der Waals surface area contributed by atoms with Crippen LogP contribution in [0.3, 0.4) is 0 Å². The number of nitrogens with zero attached hydrogens (tertiary/aromatic N) is 3. The van der Waals surface area contributed by atoms with Gasteiger partial charge < -0.3 is 24.4 Å². The van der Waals surface area contributed by atoms with Crippen LogP contribution < -0.4 is 15.4 Å². The fraction of sp³-hybridized carbons (Fsp3) is 0.267. The molecule has 2 aromatic carbocycles. The fourth-order valence-electron chi connectivity index (χ4n) is 4.29. The molecule has 4 rings (SSSR count). The number of carbonyl (C=O) groups excluding carboxylic acids is 3. The number of para-hydroxylation sites is 1. The van der Waals surface area contributed by atoms with Crippen LogP contribution in [0.25, 0.3) is 0 Å². The maximum Gasteiger partial charge on any atom is 0.415 e. The summed E-state index contributed by atoms with van der Waals surface area (Å²) in [7, 11) is 0. The predicted octanol–water partition coefficient (Wildman–Crippen LogP) is 4.73. The molecule has 42 heavy (non-hydrogen) atoms. The average molecular weight is 573 g/mol. The van der Waals surface area contributed by atoms with Crippen molar-refractivity contribution in [2.45, 2.75) is 32.2 Å². The van der Waals surface area contributed by atoms with Gasteiger partial charge in [-0.3, -0.25) is 20.3 Å². The Morgan fingerprint density at radius 3 is 2.48 bits per heavy atom. The number of likely N-dealkylation sites (tertiary alicyclic amines) is 1. The van der Waals surface area contributed by atoms with Gasteiger partial charge in [0.15, 0.2) is 0 Å². The number of hydrogen-bond acceptors (Lipinski definition) is 10. The van der Waals surface area contributed by atoms with Gasteiger partial charge in [-0.2, -0.15) is 0 Å². The van der Waals surface area contributed by atoms with E-state index in [4.69, 9.17) is 19.6 Å². The van der Waals surface area contributed by atoms with Crippen LogP contribution in [0.4, 0.5) is 16.4 Å². The van der Waals surface area contributed by atoms with E-state index in [1.807, 2.05) is 30.3 Å². The van der Waals surface area contributed by atoms with Crippen molar-refractivity contribution in [2.24, 2.45) is 0 Å². The van der Waals surface area contributed by atoms with Crippen LogP contribution in [0.15, 0.2) is 73.6 Å². The normalized spacial score (nSPS) is 14.3. The molecule has 0 aliphatic carbocycles. The second-order valence-electron chi connectivity index (χ2n) is 9.28. The van der Waals surface area contributed by atoms with Gasteiger partial charge in [0.25, 0.3) is 0 Å². The maximum atomic E-state index is 12.5. The molecule has 1 aromatic heterocycles. The highest BCUT2D eigenvalue weighted by Gasteiger charge is 2.26.